The Morgan fingerprint density at radius 3 is 2.83 bits per heavy atom. The van der Waals surface area contributed by atoms with Gasteiger partial charge in [0.05, 0.1) is 12.2 Å². The number of fused-ring (bicyclic) bond motifs is 1. The molecule has 0 aliphatic carbocycles. The van der Waals surface area contributed by atoms with E-state index in [1.165, 1.54) is 35.9 Å². The van der Waals surface area contributed by atoms with Crippen LogP contribution >= 0.6 is 0 Å². The molecule has 5 nitrogen and oxygen atoms in total. The molecule has 116 valence electrons. The van der Waals surface area contributed by atoms with Crippen LogP contribution in [0, 0.1) is 5.82 Å². The second-order valence-electron chi connectivity index (χ2n) is 5.13. The smallest absolute Gasteiger partial charge is 0.268 e. The number of carbonyl (C=O) groups excluding carboxylic acids is 1. The van der Waals surface area contributed by atoms with Crippen molar-refractivity contribution in [3.63, 3.8) is 0 Å². The molecule has 0 aliphatic heterocycles. The van der Waals surface area contributed by atoms with Gasteiger partial charge in [0, 0.05) is 18.6 Å². The van der Waals surface area contributed by atoms with Crippen molar-refractivity contribution in [2.75, 3.05) is 0 Å². The molecule has 1 N–H and O–H groups in total. The van der Waals surface area contributed by atoms with Crippen LogP contribution in [-0.2, 0) is 13.6 Å². The molecular formula is C17H14FN3O2. The number of amides is 1. The molecular weight excluding hydrogens is 297 g/mol. The first kappa shape index (κ1) is 14.9. The second-order valence-corrected chi connectivity index (χ2v) is 5.13. The van der Waals surface area contributed by atoms with E-state index in [0.29, 0.717) is 16.5 Å². The summed E-state index contributed by atoms with van der Waals surface area (Å²) in [5, 5.41) is 3.48. The highest BCUT2D eigenvalue weighted by Gasteiger charge is 2.13. The van der Waals surface area contributed by atoms with Crippen molar-refractivity contribution in [3.05, 3.63) is 76.2 Å². The second kappa shape index (κ2) is 6.00. The maximum atomic E-state index is 13.4. The lowest BCUT2D eigenvalue weighted by Gasteiger charge is -2.10. The van der Waals surface area contributed by atoms with E-state index >= 15 is 0 Å². The zero-order valence-corrected chi connectivity index (χ0v) is 12.4. The SMILES string of the molecule is Cn1c(C(=O)NCc2ccccn2)cc2cc(F)ccc2c1=O. The van der Waals surface area contributed by atoms with Crippen LogP contribution in [0.1, 0.15) is 16.2 Å². The third-order valence-corrected chi connectivity index (χ3v) is 3.59. The van der Waals surface area contributed by atoms with Gasteiger partial charge in [0.1, 0.15) is 11.5 Å². The van der Waals surface area contributed by atoms with Crippen molar-refractivity contribution in [1.82, 2.24) is 14.9 Å². The Morgan fingerprint density at radius 1 is 1.26 bits per heavy atom. The van der Waals surface area contributed by atoms with Crippen molar-refractivity contribution in [2.45, 2.75) is 6.54 Å². The number of carbonyl (C=O) groups is 1. The van der Waals surface area contributed by atoms with Crippen LogP contribution in [0.2, 0.25) is 0 Å². The lowest BCUT2D eigenvalue weighted by Crippen LogP contribution is -2.30. The van der Waals surface area contributed by atoms with Gasteiger partial charge in [0.25, 0.3) is 11.5 Å². The number of halogens is 1. The lowest BCUT2D eigenvalue weighted by atomic mass is 10.1. The van der Waals surface area contributed by atoms with Crippen molar-refractivity contribution in [1.29, 1.82) is 0 Å². The van der Waals surface area contributed by atoms with Gasteiger partial charge in [0.15, 0.2) is 0 Å². The molecule has 1 amide bonds. The molecule has 6 heteroatoms. The summed E-state index contributed by atoms with van der Waals surface area (Å²) in [7, 11) is 1.51. The number of hydrogen-bond acceptors (Lipinski definition) is 3. The van der Waals surface area contributed by atoms with Gasteiger partial charge in [-0.1, -0.05) is 6.07 Å². The first-order chi connectivity index (χ1) is 11.1. The maximum Gasteiger partial charge on any atom is 0.268 e. The first-order valence-corrected chi connectivity index (χ1v) is 7.03. The van der Waals surface area contributed by atoms with Crippen molar-refractivity contribution < 1.29 is 9.18 Å². The first-order valence-electron chi connectivity index (χ1n) is 7.03. The minimum Gasteiger partial charge on any atom is -0.345 e. The van der Waals surface area contributed by atoms with E-state index in [2.05, 4.69) is 10.3 Å². The standard InChI is InChI=1S/C17H14FN3O2/c1-21-15(16(22)20-10-13-4-2-3-7-19-13)9-11-8-12(18)5-6-14(11)17(21)23/h2-9H,10H2,1H3,(H,20,22). The Balaban J connectivity index is 1.94. The van der Waals surface area contributed by atoms with Gasteiger partial charge in [-0.05, 0) is 41.8 Å². The van der Waals surface area contributed by atoms with Crippen molar-refractivity contribution in [3.8, 4) is 0 Å². The highest BCUT2D eigenvalue weighted by Crippen LogP contribution is 2.14. The number of pyridine rings is 2. The van der Waals surface area contributed by atoms with E-state index in [1.54, 1.807) is 18.3 Å². The maximum absolute atomic E-state index is 13.4. The van der Waals surface area contributed by atoms with E-state index in [4.69, 9.17) is 0 Å². The topological polar surface area (TPSA) is 64.0 Å². The summed E-state index contributed by atoms with van der Waals surface area (Å²) >= 11 is 0. The molecule has 0 atom stereocenters. The van der Waals surface area contributed by atoms with Crippen LogP contribution in [0.3, 0.4) is 0 Å². The fourth-order valence-corrected chi connectivity index (χ4v) is 2.36. The third kappa shape index (κ3) is 2.96. The lowest BCUT2D eigenvalue weighted by molar-refractivity contribution is 0.0941. The minimum atomic E-state index is -0.453. The molecule has 0 saturated carbocycles. The normalized spacial score (nSPS) is 10.7. The van der Waals surface area contributed by atoms with Crippen LogP contribution in [0.5, 0.6) is 0 Å². The van der Waals surface area contributed by atoms with Gasteiger partial charge in [0.2, 0.25) is 0 Å². The molecule has 0 unspecified atom stereocenters. The predicted molar refractivity (Wildman–Crippen MR) is 84.6 cm³/mol. The van der Waals surface area contributed by atoms with Gasteiger partial charge in [-0.2, -0.15) is 0 Å². The van der Waals surface area contributed by atoms with Crippen LogP contribution in [-0.4, -0.2) is 15.5 Å². The van der Waals surface area contributed by atoms with E-state index in [-0.39, 0.29) is 17.8 Å². The van der Waals surface area contributed by atoms with Crippen LogP contribution in [0.15, 0.2) is 53.5 Å². The highest BCUT2D eigenvalue weighted by molar-refractivity contribution is 5.96. The highest BCUT2D eigenvalue weighted by atomic mass is 19.1. The molecule has 23 heavy (non-hydrogen) atoms. The molecule has 0 spiro atoms. The van der Waals surface area contributed by atoms with Gasteiger partial charge >= 0.3 is 0 Å². The number of hydrogen-bond donors (Lipinski definition) is 1. The number of benzene rings is 1. The molecule has 3 rings (SSSR count). The van der Waals surface area contributed by atoms with Crippen molar-refractivity contribution >= 4 is 16.7 Å². The Hall–Kier alpha value is -3.02. The van der Waals surface area contributed by atoms with Crippen LogP contribution < -0.4 is 10.9 Å². The monoisotopic (exact) mass is 311 g/mol. The summed E-state index contributed by atoms with van der Waals surface area (Å²) < 4.78 is 14.6. The fourth-order valence-electron chi connectivity index (χ4n) is 2.36. The van der Waals surface area contributed by atoms with Crippen molar-refractivity contribution in [2.24, 2.45) is 7.05 Å². The zero-order valence-electron chi connectivity index (χ0n) is 12.4. The minimum absolute atomic E-state index is 0.170. The zero-order chi connectivity index (χ0) is 16.4. The van der Waals surface area contributed by atoms with Gasteiger partial charge in [-0.3, -0.25) is 14.6 Å². The molecule has 2 aromatic heterocycles. The Labute approximate surface area is 131 Å². The number of rotatable bonds is 3. The number of nitrogens with zero attached hydrogens (tertiary/aromatic N) is 2. The number of nitrogens with one attached hydrogen (secondary N) is 1. The average molecular weight is 311 g/mol. The fraction of sp³-hybridized carbons (Fsp3) is 0.118. The molecule has 3 aromatic rings. The summed E-state index contributed by atoms with van der Waals surface area (Å²) in [6, 6.07) is 10.8. The molecule has 0 radical (unpaired) electrons. The molecule has 0 aliphatic rings. The van der Waals surface area contributed by atoms with E-state index in [0.717, 1.165) is 0 Å². The van der Waals surface area contributed by atoms with E-state index in [9.17, 15) is 14.0 Å². The third-order valence-electron chi connectivity index (χ3n) is 3.59. The quantitative estimate of drug-likeness (QED) is 0.804. The Kier molecular flexibility index (Phi) is 3.89. The summed E-state index contributed by atoms with van der Waals surface area (Å²) in [6.45, 7) is 0.245. The average Bonchev–Trinajstić information content (AvgIpc) is 2.56. The van der Waals surface area contributed by atoms with E-state index in [1.807, 2.05) is 6.07 Å². The molecule has 2 heterocycles. The van der Waals surface area contributed by atoms with Gasteiger partial charge in [-0.25, -0.2) is 4.39 Å². The largest absolute Gasteiger partial charge is 0.345 e. The Morgan fingerprint density at radius 2 is 2.09 bits per heavy atom. The molecule has 0 fully saturated rings. The van der Waals surface area contributed by atoms with Crippen LogP contribution in [0.4, 0.5) is 4.39 Å². The van der Waals surface area contributed by atoms with Crippen LogP contribution in [0.25, 0.3) is 10.8 Å². The predicted octanol–water partition coefficient (Wildman–Crippen LogP) is 2.00. The molecule has 1 aromatic carbocycles. The summed E-state index contributed by atoms with van der Waals surface area (Å²) in [5.41, 5.74) is 0.534. The van der Waals surface area contributed by atoms with Gasteiger partial charge < -0.3 is 9.88 Å². The summed E-state index contributed by atoms with van der Waals surface area (Å²) in [5.74, 6) is -0.869. The molecule has 0 saturated heterocycles. The summed E-state index contributed by atoms with van der Waals surface area (Å²) in [4.78, 5) is 28.7. The van der Waals surface area contributed by atoms with Gasteiger partial charge in [-0.15, -0.1) is 0 Å². The molecule has 0 bridgehead atoms. The van der Waals surface area contributed by atoms with E-state index < -0.39 is 11.7 Å². The Bertz CT molecular complexity index is 936. The summed E-state index contributed by atoms with van der Waals surface area (Å²) in [6.07, 6.45) is 1.63. The number of aromatic nitrogens is 2.